The van der Waals surface area contributed by atoms with Crippen LogP contribution in [0.2, 0.25) is 0 Å². The van der Waals surface area contributed by atoms with Crippen molar-refractivity contribution in [3.8, 4) is 0 Å². The molecule has 0 saturated carbocycles. The molecule has 0 fully saturated rings. The molecule has 9 heteroatoms. The Hall–Kier alpha value is -2.84. The minimum atomic E-state index is -4.59. The first kappa shape index (κ1) is 78.2. The molecule has 0 heterocycles. The first-order valence-corrected chi connectivity index (χ1v) is 35.2. The number of hydrogen-bond acceptors (Lipinski definition) is 6. The lowest BCUT2D eigenvalue weighted by molar-refractivity contribution is -0.870. The minimum Gasteiger partial charge on any atom is -0.756 e. The van der Waals surface area contributed by atoms with Crippen LogP contribution in [0, 0.1) is 0 Å². The van der Waals surface area contributed by atoms with Gasteiger partial charge in [0, 0.05) is 6.42 Å². The lowest BCUT2D eigenvalue weighted by Crippen LogP contribution is -2.46. The molecule has 8 nitrogen and oxygen atoms in total. The molecular weight excluding hydrogens is 1020 g/mol. The molecule has 0 aliphatic carbocycles. The zero-order valence-corrected chi connectivity index (χ0v) is 54.4. The molecule has 0 aliphatic rings. The van der Waals surface area contributed by atoms with Crippen molar-refractivity contribution < 1.29 is 32.9 Å². The van der Waals surface area contributed by atoms with Crippen molar-refractivity contribution in [2.75, 3.05) is 40.9 Å². The molecule has 0 radical (unpaired) electrons. The van der Waals surface area contributed by atoms with Gasteiger partial charge in [0.2, 0.25) is 5.91 Å². The normalized spacial score (nSPS) is 14.4. The van der Waals surface area contributed by atoms with E-state index in [0.717, 1.165) is 109 Å². The number of nitrogens with zero attached hydrogens (tertiary/aromatic N) is 1. The topological polar surface area (TPSA) is 108 Å². The van der Waals surface area contributed by atoms with Crippen LogP contribution < -0.4 is 10.2 Å². The van der Waals surface area contributed by atoms with Gasteiger partial charge in [-0.15, -0.1) is 0 Å². The third-order valence-corrected chi connectivity index (χ3v) is 15.7. The smallest absolute Gasteiger partial charge is 0.268 e. The standard InChI is InChI=1S/C72H129N2O6P/c1-6-8-10-12-14-16-18-20-22-24-26-28-30-32-33-34-35-36-37-38-39-40-41-42-44-46-48-50-52-54-56-58-60-62-64-66-72(76)73-70(69-80-81(77,78)79-68-67-74(3,4)5)71(75)65-63-61-59-57-55-53-51-49-47-45-43-31-29-27-25-23-21-19-17-15-13-11-9-7-2/h8,10,14,16,20,22,26,28,32-33,35-36,38-39,41-42,46,48,70-71,75H,6-7,9,11-13,15,17-19,21,23-25,27,29-31,34,37,40,43-45,47,49-69H2,1-5H3,(H-,73,76,77,78)/b10-8-,16-14-,22-20-,28-26-,33-32-,36-35-,39-38-,42-41-,48-46-. The number of carbonyl (C=O) groups is 1. The maximum absolute atomic E-state index is 13.0. The predicted molar refractivity (Wildman–Crippen MR) is 352 cm³/mol. The Kier molecular flexibility index (Phi) is 59.5. The van der Waals surface area contributed by atoms with E-state index in [0.29, 0.717) is 23.9 Å². The second kappa shape index (κ2) is 61.7. The molecule has 0 spiro atoms. The number of allylic oxidation sites excluding steroid dienone is 18. The van der Waals surface area contributed by atoms with E-state index in [9.17, 15) is 19.4 Å². The number of unbranched alkanes of at least 4 members (excludes halogenated alkanes) is 30. The summed E-state index contributed by atoms with van der Waals surface area (Å²) in [5.41, 5.74) is 0. The first-order chi connectivity index (χ1) is 39.5. The van der Waals surface area contributed by atoms with Crippen molar-refractivity contribution in [1.82, 2.24) is 5.32 Å². The number of phosphoric acid groups is 1. The largest absolute Gasteiger partial charge is 0.756 e. The quantitative estimate of drug-likeness (QED) is 0.0272. The molecule has 3 atom stereocenters. The molecule has 468 valence electrons. The number of aliphatic hydroxyl groups is 1. The summed E-state index contributed by atoms with van der Waals surface area (Å²) in [5.74, 6) is -0.177. The SMILES string of the molecule is CC/C=C\C/C=C\C/C=C\C/C=C\C/C=C\C/C=C\C/C=C\C/C=C\C/C=C\CCCCCCCCCC(=O)NC(COP(=O)([O-])OCC[N+](C)(C)C)C(O)CCCCCCCCCCCCCCCCCCCCCCCCCC. The van der Waals surface area contributed by atoms with E-state index in [-0.39, 0.29) is 19.1 Å². The molecule has 0 saturated heterocycles. The van der Waals surface area contributed by atoms with Crippen LogP contribution in [0.3, 0.4) is 0 Å². The summed E-state index contributed by atoms with van der Waals surface area (Å²) < 4.78 is 23.5. The first-order valence-electron chi connectivity index (χ1n) is 33.7. The molecule has 2 N–H and O–H groups in total. The van der Waals surface area contributed by atoms with Crippen molar-refractivity contribution in [3.63, 3.8) is 0 Å². The Balaban J connectivity index is 4.15. The van der Waals surface area contributed by atoms with E-state index >= 15 is 0 Å². The number of phosphoric ester groups is 1. The fraction of sp³-hybridized carbons (Fsp3) is 0.736. The van der Waals surface area contributed by atoms with Crippen LogP contribution in [-0.2, 0) is 18.4 Å². The Morgan fingerprint density at radius 1 is 0.444 bits per heavy atom. The molecule has 0 rings (SSSR count). The van der Waals surface area contributed by atoms with Crippen molar-refractivity contribution in [3.05, 3.63) is 109 Å². The zero-order chi connectivity index (χ0) is 59.1. The number of nitrogens with one attached hydrogen (secondary N) is 1. The van der Waals surface area contributed by atoms with E-state index in [4.69, 9.17) is 9.05 Å². The number of amides is 1. The lowest BCUT2D eigenvalue weighted by atomic mass is 10.0. The average molecular weight is 1150 g/mol. The Bertz CT molecular complexity index is 1690. The third-order valence-electron chi connectivity index (χ3n) is 14.8. The van der Waals surface area contributed by atoms with Crippen LogP contribution in [0.5, 0.6) is 0 Å². The van der Waals surface area contributed by atoms with Gasteiger partial charge in [0.1, 0.15) is 13.2 Å². The van der Waals surface area contributed by atoms with Crippen LogP contribution in [0.1, 0.15) is 290 Å². The number of rotatable bonds is 61. The maximum Gasteiger partial charge on any atom is 0.268 e. The van der Waals surface area contributed by atoms with Crippen LogP contribution >= 0.6 is 7.82 Å². The van der Waals surface area contributed by atoms with Crippen molar-refractivity contribution in [2.45, 2.75) is 302 Å². The minimum absolute atomic E-state index is 0.00501. The molecule has 0 aliphatic heterocycles. The summed E-state index contributed by atoms with van der Waals surface area (Å²) in [5, 5.41) is 14.1. The molecule has 0 aromatic heterocycles. The summed E-state index contributed by atoms with van der Waals surface area (Å²) in [6.07, 6.45) is 90.0. The monoisotopic (exact) mass is 1150 g/mol. The van der Waals surface area contributed by atoms with Crippen molar-refractivity contribution >= 4 is 13.7 Å². The summed E-state index contributed by atoms with van der Waals surface area (Å²) in [6.45, 7) is 4.62. The average Bonchev–Trinajstić information content (AvgIpc) is 3.43. The highest BCUT2D eigenvalue weighted by Crippen LogP contribution is 2.38. The Morgan fingerprint density at radius 3 is 1.10 bits per heavy atom. The van der Waals surface area contributed by atoms with Crippen molar-refractivity contribution in [1.29, 1.82) is 0 Å². The zero-order valence-electron chi connectivity index (χ0n) is 53.5. The van der Waals surface area contributed by atoms with E-state index in [1.807, 2.05) is 21.1 Å². The van der Waals surface area contributed by atoms with Gasteiger partial charge in [0.25, 0.3) is 7.82 Å². The molecular formula is C72H129N2O6P. The van der Waals surface area contributed by atoms with Gasteiger partial charge in [0.05, 0.1) is 39.9 Å². The van der Waals surface area contributed by atoms with Crippen LogP contribution in [0.15, 0.2) is 109 Å². The molecule has 0 aromatic rings. The highest BCUT2D eigenvalue weighted by atomic mass is 31.2. The van der Waals surface area contributed by atoms with Gasteiger partial charge in [-0.05, 0) is 83.5 Å². The van der Waals surface area contributed by atoms with E-state index < -0.39 is 20.0 Å². The highest BCUT2D eigenvalue weighted by molar-refractivity contribution is 7.45. The molecule has 0 bridgehead atoms. The van der Waals surface area contributed by atoms with Crippen molar-refractivity contribution in [2.24, 2.45) is 0 Å². The second-order valence-corrected chi connectivity index (χ2v) is 25.2. The van der Waals surface area contributed by atoms with Gasteiger partial charge in [-0.25, -0.2) is 0 Å². The van der Waals surface area contributed by atoms with Gasteiger partial charge in [0.15, 0.2) is 0 Å². The van der Waals surface area contributed by atoms with Gasteiger partial charge >= 0.3 is 0 Å². The van der Waals surface area contributed by atoms with Crippen LogP contribution in [0.4, 0.5) is 0 Å². The maximum atomic E-state index is 13.0. The number of quaternary nitrogens is 1. The van der Waals surface area contributed by atoms with Gasteiger partial charge in [-0.2, -0.15) is 0 Å². The number of carbonyl (C=O) groups excluding carboxylic acids is 1. The van der Waals surface area contributed by atoms with Crippen LogP contribution in [-0.4, -0.2) is 68.5 Å². The predicted octanol–water partition coefficient (Wildman–Crippen LogP) is 20.9. The van der Waals surface area contributed by atoms with E-state index in [1.165, 1.54) is 154 Å². The van der Waals surface area contributed by atoms with E-state index in [2.05, 4.69) is 129 Å². The molecule has 0 aromatic carbocycles. The number of aliphatic hydroxyl groups excluding tert-OH is 1. The van der Waals surface area contributed by atoms with Gasteiger partial charge in [-0.1, -0.05) is 309 Å². The molecule has 3 unspecified atom stereocenters. The summed E-state index contributed by atoms with van der Waals surface area (Å²) >= 11 is 0. The Morgan fingerprint density at radius 2 is 0.753 bits per heavy atom. The molecule has 81 heavy (non-hydrogen) atoms. The lowest BCUT2D eigenvalue weighted by Gasteiger charge is -2.30. The number of hydrogen-bond donors (Lipinski definition) is 2. The second-order valence-electron chi connectivity index (χ2n) is 23.8. The summed E-state index contributed by atoms with van der Waals surface area (Å²) in [4.78, 5) is 25.6. The summed E-state index contributed by atoms with van der Waals surface area (Å²) in [7, 11) is 1.29. The fourth-order valence-corrected chi connectivity index (χ4v) is 10.3. The van der Waals surface area contributed by atoms with E-state index in [1.54, 1.807) is 0 Å². The Labute approximate surface area is 501 Å². The highest BCUT2D eigenvalue weighted by Gasteiger charge is 2.24. The van der Waals surface area contributed by atoms with Crippen LogP contribution in [0.25, 0.3) is 0 Å². The number of likely N-dealkylation sites (N-methyl/N-ethyl adjacent to an activating group) is 1. The fourth-order valence-electron chi connectivity index (χ4n) is 9.56. The third kappa shape index (κ3) is 64.6. The summed E-state index contributed by atoms with van der Waals surface area (Å²) in [6, 6.07) is -0.816. The van der Waals surface area contributed by atoms with Gasteiger partial charge in [-0.3, -0.25) is 9.36 Å². The molecule has 1 amide bonds. The van der Waals surface area contributed by atoms with Gasteiger partial charge < -0.3 is 28.8 Å².